The van der Waals surface area contributed by atoms with E-state index in [1.165, 1.54) is 11.3 Å². The Bertz CT molecular complexity index is 1410. The summed E-state index contributed by atoms with van der Waals surface area (Å²) in [6.45, 7) is 2.55. The van der Waals surface area contributed by atoms with Crippen molar-refractivity contribution in [3.8, 4) is 16.3 Å². The second-order valence-corrected chi connectivity index (χ2v) is 8.32. The average molecular weight is 433 g/mol. The van der Waals surface area contributed by atoms with E-state index in [0.29, 0.717) is 22.7 Å². The number of nitrogens with zero attached hydrogens (tertiary/aromatic N) is 1. The standard InChI is InChI=1S/C24H17ClN2O2S/c1-2-29-16-10-8-15(9-11-16)26-22-23(28)18-6-4-3-5-17(18)21-24(22)30-20-13-14(25)7-12-19(20)27-21/h3-13,26H,2H2,1H3. The molecule has 0 fully saturated rings. The van der Waals surface area contributed by atoms with Crippen LogP contribution < -0.4 is 15.5 Å². The van der Waals surface area contributed by atoms with Crippen LogP contribution in [-0.2, 0) is 0 Å². The van der Waals surface area contributed by atoms with Gasteiger partial charge in [0.2, 0.25) is 5.43 Å². The van der Waals surface area contributed by atoms with Crippen LogP contribution in [-0.4, -0.2) is 11.6 Å². The molecule has 0 saturated heterocycles. The van der Waals surface area contributed by atoms with Crippen LogP contribution in [0, 0.1) is 0 Å². The summed E-state index contributed by atoms with van der Waals surface area (Å²) in [7, 11) is 0. The third-order valence-corrected chi connectivity index (χ3v) is 6.28. The van der Waals surface area contributed by atoms with Gasteiger partial charge in [-0.15, -0.1) is 11.3 Å². The highest BCUT2D eigenvalue weighted by Crippen LogP contribution is 2.40. The number of benzene rings is 4. The zero-order chi connectivity index (χ0) is 20.7. The molecule has 148 valence electrons. The molecule has 30 heavy (non-hydrogen) atoms. The molecule has 3 aromatic carbocycles. The van der Waals surface area contributed by atoms with E-state index in [9.17, 15) is 4.79 Å². The van der Waals surface area contributed by atoms with Gasteiger partial charge in [0.15, 0.2) is 0 Å². The van der Waals surface area contributed by atoms with Gasteiger partial charge < -0.3 is 10.1 Å². The molecule has 1 heterocycles. The Morgan fingerprint density at radius 1 is 1.03 bits per heavy atom. The molecular weight excluding hydrogens is 416 g/mol. The summed E-state index contributed by atoms with van der Waals surface area (Å²) >= 11 is 7.71. The summed E-state index contributed by atoms with van der Waals surface area (Å²) in [5, 5.41) is 5.46. The fraction of sp³-hybridized carbons (Fsp3) is 0.0833. The SMILES string of the molecule is CCOc1ccc(Nc2c3sc4cc(Cl)ccc4nc-3c3ccccc3c2=O)cc1. The second kappa shape index (κ2) is 7.59. The zero-order valence-corrected chi connectivity index (χ0v) is 17.7. The van der Waals surface area contributed by atoms with Crippen LogP contribution in [0.25, 0.3) is 31.6 Å². The summed E-state index contributed by atoms with van der Waals surface area (Å²) in [6.07, 6.45) is 0. The van der Waals surface area contributed by atoms with Crippen molar-refractivity contribution < 1.29 is 4.74 Å². The van der Waals surface area contributed by atoms with Crippen LogP contribution in [0.4, 0.5) is 11.4 Å². The summed E-state index contributed by atoms with van der Waals surface area (Å²) in [5.74, 6) is 0.791. The van der Waals surface area contributed by atoms with Crippen LogP contribution >= 0.6 is 22.9 Å². The van der Waals surface area contributed by atoms with Gasteiger partial charge >= 0.3 is 0 Å². The molecule has 0 amide bonds. The van der Waals surface area contributed by atoms with Gasteiger partial charge in [-0.1, -0.05) is 35.9 Å². The average Bonchev–Trinajstić information content (AvgIpc) is 2.77. The lowest BCUT2D eigenvalue weighted by Gasteiger charge is -2.16. The highest BCUT2D eigenvalue weighted by Gasteiger charge is 2.21. The van der Waals surface area contributed by atoms with E-state index in [2.05, 4.69) is 5.32 Å². The van der Waals surface area contributed by atoms with Crippen LogP contribution in [0.15, 0.2) is 71.5 Å². The molecule has 4 nitrogen and oxygen atoms in total. The molecule has 1 aliphatic carbocycles. The topological polar surface area (TPSA) is 51.2 Å². The van der Waals surface area contributed by atoms with Gasteiger partial charge in [0.25, 0.3) is 0 Å². The van der Waals surface area contributed by atoms with Crippen molar-refractivity contribution in [3.63, 3.8) is 0 Å². The van der Waals surface area contributed by atoms with Gasteiger partial charge in [-0.05, 0) is 49.4 Å². The predicted octanol–water partition coefficient (Wildman–Crippen LogP) is 6.71. The first kappa shape index (κ1) is 18.9. The fourth-order valence-corrected chi connectivity index (χ4v) is 4.89. The number of halogens is 1. The summed E-state index contributed by atoms with van der Waals surface area (Å²) in [6, 6.07) is 20.8. The highest BCUT2D eigenvalue weighted by molar-refractivity contribution is 7.22. The number of aromatic nitrogens is 1. The van der Waals surface area contributed by atoms with Gasteiger partial charge in [0.1, 0.15) is 11.4 Å². The third-order valence-electron chi connectivity index (χ3n) is 4.90. The first-order valence-corrected chi connectivity index (χ1v) is 10.8. The van der Waals surface area contributed by atoms with Gasteiger partial charge in [0.05, 0.1) is 27.4 Å². The summed E-state index contributed by atoms with van der Waals surface area (Å²) in [4.78, 5) is 19.1. The minimum atomic E-state index is -0.0496. The van der Waals surface area contributed by atoms with E-state index in [1.54, 1.807) is 0 Å². The number of ether oxygens (including phenoxy) is 1. The van der Waals surface area contributed by atoms with E-state index in [-0.39, 0.29) is 5.43 Å². The summed E-state index contributed by atoms with van der Waals surface area (Å²) in [5.41, 5.74) is 2.94. The first-order chi connectivity index (χ1) is 14.6. The number of hydrogen-bond donors (Lipinski definition) is 1. The maximum atomic E-state index is 13.4. The van der Waals surface area contributed by atoms with Crippen molar-refractivity contribution >= 4 is 55.3 Å². The smallest absolute Gasteiger partial charge is 0.211 e. The van der Waals surface area contributed by atoms with Crippen molar-refractivity contribution in [2.24, 2.45) is 0 Å². The van der Waals surface area contributed by atoms with Gasteiger partial charge in [0, 0.05) is 21.5 Å². The zero-order valence-electron chi connectivity index (χ0n) is 16.1. The van der Waals surface area contributed by atoms with Crippen LogP contribution in [0.5, 0.6) is 5.75 Å². The molecule has 0 bridgehead atoms. The molecule has 1 aliphatic heterocycles. The van der Waals surface area contributed by atoms with Crippen molar-refractivity contribution in [1.82, 2.24) is 4.98 Å². The Hall–Kier alpha value is -3.15. The number of anilines is 2. The molecule has 0 spiro atoms. The second-order valence-electron chi connectivity index (χ2n) is 6.84. The lowest BCUT2D eigenvalue weighted by Crippen LogP contribution is -2.11. The molecule has 6 heteroatoms. The molecule has 0 radical (unpaired) electrons. The Labute approximate surface area is 182 Å². The Morgan fingerprint density at radius 2 is 1.80 bits per heavy atom. The van der Waals surface area contributed by atoms with E-state index in [4.69, 9.17) is 21.3 Å². The maximum absolute atomic E-state index is 13.4. The van der Waals surface area contributed by atoms with Gasteiger partial charge in [-0.3, -0.25) is 4.79 Å². The number of rotatable bonds is 4. The maximum Gasteiger partial charge on any atom is 0.211 e. The molecule has 5 rings (SSSR count). The van der Waals surface area contributed by atoms with Crippen molar-refractivity contribution in [3.05, 3.63) is 82.0 Å². The van der Waals surface area contributed by atoms with Gasteiger partial charge in [-0.2, -0.15) is 0 Å². The summed E-state index contributed by atoms with van der Waals surface area (Å²) < 4.78 is 6.44. The number of nitrogens with one attached hydrogen (secondary N) is 1. The van der Waals surface area contributed by atoms with Crippen molar-refractivity contribution in [2.45, 2.75) is 6.92 Å². The molecule has 0 unspecified atom stereocenters. The van der Waals surface area contributed by atoms with Crippen LogP contribution in [0.3, 0.4) is 0 Å². The number of hydrogen-bond acceptors (Lipinski definition) is 5. The predicted molar refractivity (Wildman–Crippen MR) is 126 cm³/mol. The molecule has 0 atom stereocenters. The molecule has 3 aromatic rings. The normalized spacial score (nSPS) is 11.3. The largest absolute Gasteiger partial charge is 0.494 e. The minimum Gasteiger partial charge on any atom is -0.494 e. The molecule has 1 N–H and O–H groups in total. The molecule has 2 aliphatic rings. The van der Waals surface area contributed by atoms with E-state index in [0.717, 1.165) is 37.6 Å². The fourth-order valence-electron chi connectivity index (χ4n) is 3.53. The lowest BCUT2D eigenvalue weighted by atomic mass is 10.0. The molecule has 0 aromatic heterocycles. The van der Waals surface area contributed by atoms with E-state index in [1.807, 2.05) is 73.7 Å². The van der Waals surface area contributed by atoms with Gasteiger partial charge in [-0.25, -0.2) is 4.98 Å². The van der Waals surface area contributed by atoms with Crippen LogP contribution in [0.1, 0.15) is 6.92 Å². The first-order valence-electron chi connectivity index (χ1n) is 9.59. The molecule has 0 saturated carbocycles. The quantitative estimate of drug-likeness (QED) is 0.253. The Balaban J connectivity index is 1.76. The van der Waals surface area contributed by atoms with Crippen molar-refractivity contribution in [1.29, 1.82) is 0 Å². The minimum absolute atomic E-state index is 0.0496. The van der Waals surface area contributed by atoms with Crippen LogP contribution in [0.2, 0.25) is 5.02 Å². The molecular formula is C24H17ClN2O2S. The van der Waals surface area contributed by atoms with Crippen molar-refractivity contribution in [2.75, 3.05) is 11.9 Å². The highest BCUT2D eigenvalue weighted by atomic mass is 35.5. The Morgan fingerprint density at radius 3 is 2.57 bits per heavy atom. The van der Waals surface area contributed by atoms with E-state index < -0.39 is 0 Å². The monoisotopic (exact) mass is 432 g/mol. The lowest BCUT2D eigenvalue weighted by molar-refractivity contribution is 0.340. The third kappa shape index (κ3) is 3.26. The Kier molecular flexibility index (Phi) is 4.77. The number of fused-ring (bicyclic) bond motifs is 4. The van der Waals surface area contributed by atoms with E-state index >= 15 is 0 Å².